The van der Waals surface area contributed by atoms with Crippen LogP contribution in [-0.2, 0) is 29.3 Å². The second-order valence-electron chi connectivity index (χ2n) is 5.44. The molecule has 2 aromatic heterocycles. The molecule has 9 heteroatoms. The SMILES string of the molecule is CS(=O)(=O)c1ncc2c(n1)CCN(Cc1ccc(Cl)nc1Cl)C2. The van der Waals surface area contributed by atoms with Crippen LogP contribution in [0, 0.1) is 0 Å². The Labute approximate surface area is 144 Å². The van der Waals surface area contributed by atoms with Crippen molar-refractivity contribution in [2.75, 3.05) is 12.8 Å². The van der Waals surface area contributed by atoms with E-state index >= 15 is 0 Å². The molecule has 0 N–H and O–H groups in total. The molecule has 0 saturated heterocycles. The number of rotatable bonds is 3. The standard InChI is InChI=1S/C14H14Cl2N4O2S/c1-23(21,22)14-17-6-10-8-20(5-4-11(10)18-14)7-9-2-3-12(15)19-13(9)16/h2-3,6H,4-5,7-8H2,1H3. The van der Waals surface area contributed by atoms with E-state index in [1.807, 2.05) is 6.07 Å². The van der Waals surface area contributed by atoms with Crippen molar-refractivity contribution in [3.05, 3.63) is 45.5 Å². The predicted octanol–water partition coefficient (Wildman–Crippen LogP) is 2.14. The quantitative estimate of drug-likeness (QED) is 0.606. The van der Waals surface area contributed by atoms with Crippen LogP contribution in [0.15, 0.2) is 23.5 Å². The lowest BCUT2D eigenvalue weighted by Crippen LogP contribution is -2.31. The van der Waals surface area contributed by atoms with Gasteiger partial charge < -0.3 is 0 Å². The molecule has 23 heavy (non-hydrogen) atoms. The van der Waals surface area contributed by atoms with E-state index < -0.39 is 9.84 Å². The van der Waals surface area contributed by atoms with Crippen LogP contribution in [0.3, 0.4) is 0 Å². The zero-order chi connectivity index (χ0) is 16.6. The van der Waals surface area contributed by atoms with Gasteiger partial charge in [0.1, 0.15) is 10.3 Å². The lowest BCUT2D eigenvalue weighted by molar-refractivity contribution is 0.242. The van der Waals surface area contributed by atoms with Crippen molar-refractivity contribution in [2.45, 2.75) is 24.7 Å². The van der Waals surface area contributed by atoms with Crippen LogP contribution in [-0.4, -0.2) is 41.1 Å². The van der Waals surface area contributed by atoms with Crippen LogP contribution in [0.1, 0.15) is 16.8 Å². The molecule has 0 fully saturated rings. The number of nitrogens with zero attached hydrogens (tertiary/aromatic N) is 4. The molecule has 3 rings (SSSR count). The highest BCUT2D eigenvalue weighted by Gasteiger charge is 2.21. The minimum Gasteiger partial charge on any atom is -0.294 e. The van der Waals surface area contributed by atoms with Crippen LogP contribution in [0.5, 0.6) is 0 Å². The molecule has 0 aromatic carbocycles. The predicted molar refractivity (Wildman–Crippen MR) is 87.2 cm³/mol. The van der Waals surface area contributed by atoms with Gasteiger partial charge in [0.15, 0.2) is 0 Å². The van der Waals surface area contributed by atoms with Gasteiger partial charge in [-0.25, -0.2) is 23.4 Å². The summed E-state index contributed by atoms with van der Waals surface area (Å²) in [7, 11) is -3.38. The molecular formula is C14H14Cl2N4O2S. The normalized spacial score (nSPS) is 15.4. The fourth-order valence-corrected chi connectivity index (χ4v) is 3.39. The Morgan fingerprint density at radius 2 is 2.04 bits per heavy atom. The number of fused-ring (bicyclic) bond motifs is 1. The number of hydrogen-bond acceptors (Lipinski definition) is 6. The molecule has 2 aromatic rings. The van der Waals surface area contributed by atoms with E-state index in [0.717, 1.165) is 29.6 Å². The van der Waals surface area contributed by atoms with Crippen molar-refractivity contribution in [1.82, 2.24) is 19.9 Å². The Hall–Kier alpha value is -1.28. The third-order valence-corrected chi connectivity index (χ3v) is 5.01. The maximum Gasteiger partial charge on any atom is 0.246 e. The molecule has 0 amide bonds. The zero-order valence-electron chi connectivity index (χ0n) is 12.3. The van der Waals surface area contributed by atoms with Gasteiger partial charge in [0.25, 0.3) is 0 Å². The highest BCUT2D eigenvalue weighted by atomic mass is 35.5. The first-order valence-corrected chi connectivity index (χ1v) is 9.56. The van der Waals surface area contributed by atoms with Crippen molar-refractivity contribution in [3.8, 4) is 0 Å². The number of sulfone groups is 1. The Morgan fingerprint density at radius 1 is 1.26 bits per heavy atom. The Balaban J connectivity index is 1.78. The minimum atomic E-state index is -3.38. The molecule has 0 unspecified atom stereocenters. The van der Waals surface area contributed by atoms with Gasteiger partial charge in [-0.2, -0.15) is 0 Å². The van der Waals surface area contributed by atoms with E-state index in [9.17, 15) is 8.42 Å². The molecule has 0 atom stereocenters. The fourth-order valence-electron chi connectivity index (χ4n) is 2.47. The van der Waals surface area contributed by atoms with Crippen LogP contribution in [0.25, 0.3) is 0 Å². The summed E-state index contributed by atoms with van der Waals surface area (Å²) in [5.41, 5.74) is 2.62. The molecule has 0 spiro atoms. The van der Waals surface area contributed by atoms with Crippen LogP contribution >= 0.6 is 23.2 Å². The van der Waals surface area contributed by atoms with Crippen LogP contribution in [0.4, 0.5) is 0 Å². The van der Waals surface area contributed by atoms with Gasteiger partial charge in [0, 0.05) is 49.6 Å². The van der Waals surface area contributed by atoms with Crippen molar-refractivity contribution in [3.63, 3.8) is 0 Å². The summed E-state index contributed by atoms with van der Waals surface area (Å²) in [5.74, 6) is 0. The Morgan fingerprint density at radius 3 is 2.74 bits per heavy atom. The van der Waals surface area contributed by atoms with E-state index in [0.29, 0.717) is 29.8 Å². The lowest BCUT2D eigenvalue weighted by atomic mass is 10.1. The Bertz CT molecular complexity index is 858. The number of pyridine rings is 1. The summed E-state index contributed by atoms with van der Waals surface area (Å²) in [6.07, 6.45) is 3.37. The van der Waals surface area contributed by atoms with E-state index in [1.54, 1.807) is 12.3 Å². The summed E-state index contributed by atoms with van der Waals surface area (Å²) >= 11 is 11.9. The summed E-state index contributed by atoms with van der Waals surface area (Å²) in [4.78, 5) is 14.3. The van der Waals surface area contributed by atoms with Gasteiger partial charge in [-0.15, -0.1) is 0 Å². The van der Waals surface area contributed by atoms with Crippen LogP contribution < -0.4 is 0 Å². The van der Waals surface area contributed by atoms with Gasteiger partial charge in [-0.05, 0) is 6.07 Å². The maximum atomic E-state index is 11.5. The third kappa shape index (κ3) is 3.80. The number of halogens is 2. The summed E-state index contributed by atoms with van der Waals surface area (Å²) in [6.45, 7) is 2.03. The molecular weight excluding hydrogens is 359 g/mol. The molecule has 1 aliphatic rings. The first kappa shape index (κ1) is 16.6. The topological polar surface area (TPSA) is 76.1 Å². The summed E-state index contributed by atoms with van der Waals surface area (Å²) in [6, 6.07) is 3.57. The van der Waals surface area contributed by atoms with E-state index in [2.05, 4.69) is 19.9 Å². The van der Waals surface area contributed by atoms with Gasteiger partial charge in [-0.1, -0.05) is 29.3 Å². The molecule has 1 aliphatic heterocycles. The van der Waals surface area contributed by atoms with E-state index in [4.69, 9.17) is 23.2 Å². The summed E-state index contributed by atoms with van der Waals surface area (Å²) < 4.78 is 23.0. The van der Waals surface area contributed by atoms with E-state index in [1.165, 1.54) is 0 Å². The van der Waals surface area contributed by atoms with Gasteiger partial charge in [-0.3, -0.25) is 4.90 Å². The first-order chi connectivity index (χ1) is 10.8. The van der Waals surface area contributed by atoms with Gasteiger partial charge in [0.2, 0.25) is 15.0 Å². The average Bonchev–Trinajstić information content (AvgIpc) is 2.48. The zero-order valence-corrected chi connectivity index (χ0v) is 14.7. The molecule has 0 saturated carbocycles. The van der Waals surface area contributed by atoms with E-state index in [-0.39, 0.29) is 5.16 Å². The highest BCUT2D eigenvalue weighted by molar-refractivity contribution is 7.90. The molecule has 6 nitrogen and oxygen atoms in total. The maximum absolute atomic E-state index is 11.5. The lowest BCUT2D eigenvalue weighted by Gasteiger charge is -2.28. The molecule has 0 bridgehead atoms. The highest BCUT2D eigenvalue weighted by Crippen LogP contribution is 2.23. The van der Waals surface area contributed by atoms with Crippen molar-refractivity contribution in [2.24, 2.45) is 0 Å². The van der Waals surface area contributed by atoms with Crippen molar-refractivity contribution in [1.29, 1.82) is 0 Å². The molecule has 0 aliphatic carbocycles. The largest absolute Gasteiger partial charge is 0.294 e. The molecule has 3 heterocycles. The van der Waals surface area contributed by atoms with Crippen molar-refractivity contribution < 1.29 is 8.42 Å². The average molecular weight is 373 g/mol. The minimum absolute atomic E-state index is 0.116. The monoisotopic (exact) mass is 372 g/mol. The fraction of sp³-hybridized carbons (Fsp3) is 0.357. The summed E-state index contributed by atoms with van der Waals surface area (Å²) in [5, 5.41) is 0.645. The molecule has 122 valence electrons. The smallest absolute Gasteiger partial charge is 0.246 e. The van der Waals surface area contributed by atoms with Gasteiger partial charge >= 0.3 is 0 Å². The van der Waals surface area contributed by atoms with Crippen LogP contribution in [0.2, 0.25) is 10.3 Å². The Kier molecular flexibility index (Phi) is 4.55. The molecule has 0 radical (unpaired) electrons. The third-order valence-electron chi connectivity index (χ3n) is 3.61. The van der Waals surface area contributed by atoms with Gasteiger partial charge in [0.05, 0.1) is 5.69 Å². The second kappa shape index (κ2) is 6.32. The van der Waals surface area contributed by atoms with Crippen molar-refractivity contribution >= 4 is 33.0 Å². The number of hydrogen-bond donors (Lipinski definition) is 0. The second-order valence-corrected chi connectivity index (χ2v) is 8.10. The number of aromatic nitrogens is 3. The first-order valence-electron chi connectivity index (χ1n) is 6.91.